The van der Waals surface area contributed by atoms with Crippen molar-refractivity contribution in [1.82, 2.24) is 5.43 Å². The molecule has 0 saturated carbocycles. The predicted molar refractivity (Wildman–Crippen MR) is 134 cm³/mol. The zero-order valence-corrected chi connectivity index (χ0v) is 20.8. The van der Waals surface area contributed by atoms with E-state index in [0.29, 0.717) is 31.9 Å². The molecule has 0 aromatic heterocycles. The first-order valence-electron chi connectivity index (χ1n) is 9.70. The van der Waals surface area contributed by atoms with Gasteiger partial charge in [0.25, 0.3) is 15.9 Å². The summed E-state index contributed by atoms with van der Waals surface area (Å²) in [6, 6.07) is 16.1. The van der Waals surface area contributed by atoms with Crippen molar-refractivity contribution in [3.05, 3.63) is 92.4 Å². The number of sulfonamides is 1. The van der Waals surface area contributed by atoms with Crippen molar-refractivity contribution in [3.8, 4) is 0 Å². The molecule has 0 aliphatic heterocycles. The molecule has 172 valence electrons. The molecule has 0 unspecified atom stereocenters. The molecule has 0 bridgehead atoms. The molecule has 0 heterocycles. The summed E-state index contributed by atoms with van der Waals surface area (Å²) in [6.07, 6.45) is 1.38. The third-order valence-corrected chi connectivity index (χ3v) is 7.43. The molecule has 0 fully saturated rings. The van der Waals surface area contributed by atoms with E-state index in [-0.39, 0.29) is 4.90 Å². The SMILES string of the molecule is Cc1ccc(S(=O)(=O)N(CC(=O)N/N=C\c2ccc(Cl)c(Cl)c2)c2cc(Cl)ccc2C)cc1. The van der Waals surface area contributed by atoms with E-state index in [4.69, 9.17) is 34.8 Å². The van der Waals surface area contributed by atoms with Crippen molar-refractivity contribution in [3.63, 3.8) is 0 Å². The summed E-state index contributed by atoms with van der Waals surface area (Å²) in [5, 5.41) is 4.98. The van der Waals surface area contributed by atoms with Crippen LogP contribution in [0.4, 0.5) is 5.69 Å². The number of amides is 1. The average molecular weight is 525 g/mol. The lowest BCUT2D eigenvalue weighted by molar-refractivity contribution is -0.119. The molecule has 3 aromatic rings. The summed E-state index contributed by atoms with van der Waals surface area (Å²) in [4.78, 5) is 12.7. The van der Waals surface area contributed by atoms with E-state index in [1.807, 2.05) is 6.92 Å². The zero-order chi connectivity index (χ0) is 24.2. The molecule has 3 aromatic carbocycles. The van der Waals surface area contributed by atoms with E-state index in [1.54, 1.807) is 49.4 Å². The van der Waals surface area contributed by atoms with Gasteiger partial charge in [-0.25, -0.2) is 13.8 Å². The van der Waals surface area contributed by atoms with Crippen molar-refractivity contribution >= 4 is 62.6 Å². The molecule has 0 saturated heterocycles. The van der Waals surface area contributed by atoms with Crippen LogP contribution in [0.25, 0.3) is 0 Å². The van der Waals surface area contributed by atoms with Gasteiger partial charge in [0, 0.05) is 5.02 Å². The van der Waals surface area contributed by atoms with Crippen LogP contribution in [0.15, 0.2) is 70.7 Å². The van der Waals surface area contributed by atoms with Gasteiger partial charge in [0.05, 0.1) is 26.8 Å². The first-order valence-corrected chi connectivity index (χ1v) is 12.3. The number of nitrogens with zero attached hydrogens (tertiary/aromatic N) is 2. The number of hydrazone groups is 1. The molecule has 0 spiro atoms. The number of hydrogen-bond donors (Lipinski definition) is 1. The second-order valence-electron chi connectivity index (χ2n) is 7.22. The summed E-state index contributed by atoms with van der Waals surface area (Å²) in [6.45, 7) is 3.09. The second-order valence-corrected chi connectivity index (χ2v) is 10.3. The van der Waals surface area contributed by atoms with Crippen LogP contribution in [0.1, 0.15) is 16.7 Å². The monoisotopic (exact) mass is 523 g/mol. The van der Waals surface area contributed by atoms with Gasteiger partial charge in [0.1, 0.15) is 6.54 Å². The average Bonchev–Trinajstić information content (AvgIpc) is 2.76. The minimum absolute atomic E-state index is 0.0552. The van der Waals surface area contributed by atoms with Crippen molar-refractivity contribution < 1.29 is 13.2 Å². The molecular weight excluding hydrogens is 505 g/mol. The molecule has 0 aliphatic rings. The number of hydrogen-bond acceptors (Lipinski definition) is 4. The Morgan fingerprint density at radius 2 is 1.67 bits per heavy atom. The molecular formula is C23H20Cl3N3O3S. The van der Waals surface area contributed by atoms with E-state index in [2.05, 4.69) is 10.5 Å². The van der Waals surface area contributed by atoms with Gasteiger partial charge in [-0.3, -0.25) is 9.10 Å². The van der Waals surface area contributed by atoms with Crippen LogP contribution < -0.4 is 9.73 Å². The fourth-order valence-electron chi connectivity index (χ4n) is 2.93. The molecule has 0 atom stereocenters. The van der Waals surface area contributed by atoms with E-state index < -0.39 is 22.5 Å². The Morgan fingerprint density at radius 1 is 0.970 bits per heavy atom. The Morgan fingerprint density at radius 3 is 2.33 bits per heavy atom. The molecule has 0 radical (unpaired) electrons. The normalized spacial score (nSPS) is 11.5. The molecule has 3 rings (SSSR count). The van der Waals surface area contributed by atoms with Gasteiger partial charge in [0.15, 0.2) is 0 Å². The van der Waals surface area contributed by atoms with E-state index >= 15 is 0 Å². The lowest BCUT2D eigenvalue weighted by atomic mass is 10.2. The quantitative estimate of drug-likeness (QED) is 0.322. The lowest BCUT2D eigenvalue weighted by Crippen LogP contribution is -2.40. The third kappa shape index (κ3) is 6.26. The van der Waals surface area contributed by atoms with Gasteiger partial charge in [-0.2, -0.15) is 5.10 Å². The predicted octanol–water partition coefficient (Wildman–Crippen LogP) is 5.61. The maximum atomic E-state index is 13.4. The van der Waals surface area contributed by atoms with E-state index in [0.717, 1.165) is 9.87 Å². The Balaban J connectivity index is 1.88. The Hall–Kier alpha value is -2.58. The molecule has 6 nitrogen and oxygen atoms in total. The zero-order valence-electron chi connectivity index (χ0n) is 17.7. The number of aryl methyl sites for hydroxylation is 2. The number of carbonyl (C=O) groups is 1. The first-order chi connectivity index (χ1) is 15.6. The highest BCUT2D eigenvalue weighted by Gasteiger charge is 2.28. The van der Waals surface area contributed by atoms with Gasteiger partial charge in [-0.15, -0.1) is 0 Å². The van der Waals surface area contributed by atoms with Crippen molar-refractivity contribution in [1.29, 1.82) is 0 Å². The Kier molecular flexibility index (Phi) is 8.02. The summed E-state index contributed by atoms with van der Waals surface area (Å²) in [5.74, 6) is -0.638. The highest BCUT2D eigenvalue weighted by molar-refractivity contribution is 7.92. The Bertz CT molecular complexity index is 1310. The van der Waals surface area contributed by atoms with E-state index in [9.17, 15) is 13.2 Å². The highest BCUT2D eigenvalue weighted by atomic mass is 35.5. The number of nitrogens with one attached hydrogen (secondary N) is 1. The minimum atomic E-state index is -4.06. The molecule has 1 amide bonds. The fraction of sp³-hybridized carbons (Fsp3) is 0.130. The molecule has 1 N–H and O–H groups in total. The standard InChI is InChI=1S/C23H20Cl3N3O3S/c1-15-3-8-19(9-4-15)33(31,32)29(22-12-18(24)7-5-16(22)2)14-23(30)28-27-13-17-6-10-20(25)21(26)11-17/h3-13H,14H2,1-2H3,(H,28,30)/b27-13-. The summed E-state index contributed by atoms with van der Waals surface area (Å²) in [7, 11) is -4.06. The molecule has 10 heteroatoms. The third-order valence-electron chi connectivity index (χ3n) is 4.68. The van der Waals surface area contributed by atoms with E-state index in [1.165, 1.54) is 24.4 Å². The number of benzene rings is 3. The van der Waals surface area contributed by atoms with Crippen LogP contribution in [-0.2, 0) is 14.8 Å². The smallest absolute Gasteiger partial charge is 0.264 e. The number of halogens is 3. The van der Waals surface area contributed by atoms with Crippen LogP contribution in [0, 0.1) is 13.8 Å². The highest BCUT2D eigenvalue weighted by Crippen LogP contribution is 2.29. The van der Waals surface area contributed by atoms with Crippen LogP contribution >= 0.6 is 34.8 Å². The van der Waals surface area contributed by atoms with Gasteiger partial charge in [-0.05, 0) is 61.4 Å². The largest absolute Gasteiger partial charge is 0.271 e. The molecule has 33 heavy (non-hydrogen) atoms. The van der Waals surface area contributed by atoms with Crippen LogP contribution in [0.2, 0.25) is 15.1 Å². The Labute approximate surface area is 207 Å². The van der Waals surface area contributed by atoms with Gasteiger partial charge in [-0.1, -0.05) is 64.6 Å². The van der Waals surface area contributed by atoms with Crippen molar-refractivity contribution in [2.24, 2.45) is 5.10 Å². The number of rotatable bonds is 7. The minimum Gasteiger partial charge on any atom is -0.271 e. The first kappa shape index (κ1) is 25.1. The van der Waals surface area contributed by atoms with Crippen LogP contribution in [-0.4, -0.2) is 27.1 Å². The summed E-state index contributed by atoms with van der Waals surface area (Å²) >= 11 is 18.0. The number of carbonyl (C=O) groups excluding carboxylic acids is 1. The second kappa shape index (κ2) is 10.6. The van der Waals surface area contributed by atoms with Crippen LogP contribution in [0.5, 0.6) is 0 Å². The number of anilines is 1. The fourth-order valence-corrected chi connectivity index (χ4v) is 4.88. The van der Waals surface area contributed by atoms with Crippen molar-refractivity contribution in [2.45, 2.75) is 18.7 Å². The summed E-state index contributed by atoms with van der Waals surface area (Å²) in [5.41, 5.74) is 4.81. The molecule has 0 aliphatic carbocycles. The lowest BCUT2D eigenvalue weighted by Gasteiger charge is -2.25. The maximum Gasteiger partial charge on any atom is 0.264 e. The van der Waals surface area contributed by atoms with Crippen molar-refractivity contribution in [2.75, 3.05) is 10.8 Å². The van der Waals surface area contributed by atoms with Gasteiger partial charge >= 0.3 is 0 Å². The summed E-state index contributed by atoms with van der Waals surface area (Å²) < 4.78 is 27.9. The van der Waals surface area contributed by atoms with Gasteiger partial charge < -0.3 is 0 Å². The van der Waals surface area contributed by atoms with Crippen LogP contribution in [0.3, 0.4) is 0 Å². The van der Waals surface area contributed by atoms with Gasteiger partial charge in [0.2, 0.25) is 0 Å². The topological polar surface area (TPSA) is 78.8 Å². The maximum absolute atomic E-state index is 13.4.